The predicted octanol–water partition coefficient (Wildman–Crippen LogP) is 17.2. The quantitative estimate of drug-likeness (QED) is 0.150. The molecule has 11 aromatic carbocycles. The van der Waals surface area contributed by atoms with Crippen LogP contribution in [0.25, 0.3) is 123 Å². The third-order valence-corrected chi connectivity index (χ3v) is 14.8. The van der Waals surface area contributed by atoms with Gasteiger partial charge in [-0.15, -0.1) is 0 Å². The maximum absolute atomic E-state index is 7.31. The lowest BCUT2D eigenvalue weighted by Crippen LogP contribution is -2.34. The van der Waals surface area contributed by atoms with Gasteiger partial charge in [-0.2, -0.15) is 0 Å². The van der Waals surface area contributed by atoms with Gasteiger partial charge in [-0.25, -0.2) is 29.9 Å². The second-order valence-corrected chi connectivity index (χ2v) is 19.7. The summed E-state index contributed by atoms with van der Waals surface area (Å²) < 4.78 is 7.31. The van der Waals surface area contributed by atoms with Crippen LogP contribution in [0.2, 0.25) is 5.02 Å². The van der Waals surface area contributed by atoms with Crippen molar-refractivity contribution in [3.63, 3.8) is 0 Å². The molecule has 0 fully saturated rings. The number of aromatic nitrogens is 6. The van der Waals surface area contributed by atoms with E-state index in [1.807, 2.05) is 84.9 Å². The Kier molecular flexibility index (Phi) is 10.9. The van der Waals surface area contributed by atoms with Crippen LogP contribution < -0.4 is 4.74 Å². The zero-order valence-electron chi connectivity index (χ0n) is 41.1. The second kappa shape index (κ2) is 18.4. The monoisotopic (exact) mass is 994 g/mol. The number of halogens is 1. The van der Waals surface area contributed by atoms with E-state index >= 15 is 0 Å². The largest absolute Gasteiger partial charge is 0.477 e. The van der Waals surface area contributed by atoms with Crippen molar-refractivity contribution in [1.82, 2.24) is 29.9 Å². The summed E-state index contributed by atoms with van der Waals surface area (Å²) in [6.45, 7) is 2.15. The standard InChI is InChI=1S/C68H43ClN6O/c1-68(51-25-9-4-10-26-51)59-28-16-15-27-54(59)55-35-33-48(39-60(55)76-68)56-41-58(53-36-34-52(69)40-57(53)61(56)67-74-62(44-19-5-2-6-20-44)70-63(75-67)45-21-7-3-8-22-45)66-72-64(49-31-29-42-17-11-13-23-46(42)37-49)71-65(73-66)50-32-30-43-18-12-14-24-47(43)38-50/h2-41H,1H3. The molecule has 0 radical (unpaired) electrons. The molecule has 0 saturated heterocycles. The Hall–Kier alpha value is -9.69. The van der Waals surface area contributed by atoms with Crippen molar-refractivity contribution >= 4 is 43.9 Å². The number of fused-ring (bicyclic) bond motifs is 6. The number of benzene rings is 11. The van der Waals surface area contributed by atoms with Crippen LogP contribution in [0.1, 0.15) is 18.1 Å². The second-order valence-electron chi connectivity index (χ2n) is 19.3. The molecule has 1 atom stereocenters. The topological polar surface area (TPSA) is 86.6 Å². The molecule has 1 aliphatic heterocycles. The van der Waals surface area contributed by atoms with Gasteiger partial charge in [0.05, 0.1) is 0 Å². The molecule has 13 aromatic rings. The number of hydrogen-bond donors (Lipinski definition) is 0. The first-order chi connectivity index (χ1) is 37.4. The summed E-state index contributed by atoms with van der Waals surface area (Å²) >= 11 is 7.15. The van der Waals surface area contributed by atoms with Crippen LogP contribution in [0.4, 0.5) is 0 Å². The van der Waals surface area contributed by atoms with Crippen molar-refractivity contribution in [1.29, 1.82) is 0 Å². The summed E-state index contributed by atoms with van der Waals surface area (Å²) in [5.74, 6) is 3.88. The van der Waals surface area contributed by atoms with Crippen molar-refractivity contribution in [2.45, 2.75) is 12.5 Å². The summed E-state index contributed by atoms with van der Waals surface area (Å²) in [5.41, 5.74) is 10.1. The van der Waals surface area contributed by atoms with Gasteiger partial charge < -0.3 is 4.74 Å². The van der Waals surface area contributed by atoms with E-state index in [-0.39, 0.29) is 0 Å². The maximum Gasteiger partial charge on any atom is 0.165 e. The lowest BCUT2D eigenvalue weighted by molar-refractivity contribution is 0.129. The maximum atomic E-state index is 7.31. The van der Waals surface area contributed by atoms with E-state index < -0.39 is 5.60 Å². The first kappa shape index (κ1) is 45.0. The van der Waals surface area contributed by atoms with Gasteiger partial charge >= 0.3 is 0 Å². The molecule has 14 rings (SSSR count). The Labute approximate surface area is 443 Å². The van der Waals surface area contributed by atoms with Crippen molar-refractivity contribution in [3.8, 4) is 96.3 Å². The first-order valence-corrected chi connectivity index (χ1v) is 25.7. The van der Waals surface area contributed by atoms with Crippen molar-refractivity contribution in [3.05, 3.63) is 259 Å². The highest BCUT2D eigenvalue weighted by molar-refractivity contribution is 6.32. The average molecular weight is 996 g/mol. The Bertz CT molecular complexity index is 4260. The SMILES string of the molecule is CC1(c2ccccc2)Oc2cc(-c3cc(-c4nc(-c5ccc6ccccc6c5)nc(-c5ccc6ccccc6c5)n4)c4ccc(Cl)cc4c3-c3nc(-c4ccccc4)nc(-c4ccccc4)n3)ccc2-c2ccccc21. The molecular weight excluding hydrogens is 952 g/mol. The Balaban J connectivity index is 1.07. The Morgan fingerprint density at radius 2 is 0.829 bits per heavy atom. The molecule has 2 aromatic heterocycles. The smallest absolute Gasteiger partial charge is 0.165 e. The number of nitrogens with zero attached hydrogens (tertiary/aromatic N) is 6. The molecule has 8 heteroatoms. The molecule has 0 N–H and O–H groups in total. The van der Waals surface area contributed by atoms with Gasteiger partial charge in [-0.05, 0) is 97.9 Å². The minimum Gasteiger partial charge on any atom is -0.477 e. The number of ether oxygens (including phenoxy) is 1. The molecule has 1 unspecified atom stereocenters. The van der Waals surface area contributed by atoms with Crippen LogP contribution in [0.5, 0.6) is 5.75 Å². The molecule has 0 aliphatic carbocycles. The zero-order valence-corrected chi connectivity index (χ0v) is 41.8. The van der Waals surface area contributed by atoms with E-state index in [0.717, 1.165) is 105 Å². The van der Waals surface area contributed by atoms with Crippen LogP contribution in [-0.4, -0.2) is 29.9 Å². The summed E-state index contributed by atoms with van der Waals surface area (Å²) in [6, 6.07) is 83.0. The predicted molar refractivity (Wildman–Crippen MR) is 308 cm³/mol. The van der Waals surface area contributed by atoms with Crippen LogP contribution in [0, 0.1) is 0 Å². The van der Waals surface area contributed by atoms with E-state index in [2.05, 4.69) is 165 Å². The third-order valence-electron chi connectivity index (χ3n) is 14.6. The molecular formula is C68H43ClN6O. The molecule has 0 saturated carbocycles. The van der Waals surface area contributed by atoms with Crippen molar-refractivity contribution in [2.24, 2.45) is 0 Å². The van der Waals surface area contributed by atoms with Crippen LogP contribution in [0.3, 0.4) is 0 Å². The van der Waals surface area contributed by atoms with Crippen LogP contribution in [0.15, 0.2) is 243 Å². The zero-order chi connectivity index (χ0) is 50.7. The van der Waals surface area contributed by atoms with Crippen molar-refractivity contribution in [2.75, 3.05) is 0 Å². The highest BCUT2D eigenvalue weighted by Gasteiger charge is 2.38. The highest BCUT2D eigenvalue weighted by Crippen LogP contribution is 2.51. The van der Waals surface area contributed by atoms with Crippen LogP contribution >= 0.6 is 11.6 Å². The summed E-state index contributed by atoms with van der Waals surface area (Å²) in [4.78, 5) is 31.9. The molecule has 76 heavy (non-hydrogen) atoms. The molecule has 1 aliphatic rings. The molecule has 3 heterocycles. The van der Waals surface area contributed by atoms with Crippen LogP contribution in [-0.2, 0) is 5.60 Å². The molecule has 0 bridgehead atoms. The van der Waals surface area contributed by atoms with Gasteiger partial charge in [0.15, 0.2) is 40.5 Å². The molecule has 0 amide bonds. The summed E-state index contributed by atoms with van der Waals surface area (Å²) in [6.07, 6.45) is 0. The lowest BCUT2D eigenvalue weighted by Gasteiger charge is -2.38. The fraction of sp³-hybridized carbons (Fsp3) is 0.0294. The minimum absolute atomic E-state index is 0.476. The first-order valence-electron chi connectivity index (χ1n) is 25.3. The molecule has 0 spiro atoms. The fourth-order valence-corrected chi connectivity index (χ4v) is 10.9. The van der Waals surface area contributed by atoms with E-state index in [9.17, 15) is 0 Å². The third kappa shape index (κ3) is 7.93. The normalized spacial score (nSPS) is 13.8. The average Bonchev–Trinajstić information content (AvgIpc) is 3.54. The van der Waals surface area contributed by atoms with Crippen molar-refractivity contribution < 1.29 is 4.74 Å². The van der Waals surface area contributed by atoms with E-state index in [0.29, 0.717) is 40.0 Å². The number of hydrogen-bond acceptors (Lipinski definition) is 7. The lowest BCUT2D eigenvalue weighted by atomic mass is 9.80. The fourth-order valence-electron chi connectivity index (χ4n) is 10.8. The molecule has 358 valence electrons. The Morgan fingerprint density at radius 3 is 1.45 bits per heavy atom. The van der Waals surface area contributed by atoms with Gasteiger partial charge in [0.1, 0.15) is 5.75 Å². The van der Waals surface area contributed by atoms with Gasteiger partial charge in [-0.3, -0.25) is 0 Å². The van der Waals surface area contributed by atoms with Gasteiger partial charge in [-0.1, -0.05) is 218 Å². The van der Waals surface area contributed by atoms with Gasteiger partial charge in [0.25, 0.3) is 0 Å². The summed E-state index contributed by atoms with van der Waals surface area (Å²) in [7, 11) is 0. The highest BCUT2D eigenvalue weighted by atomic mass is 35.5. The van der Waals surface area contributed by atoms with E-state index in [1.165, 1.54) is 0 Å². The van der Waals surface area contributed by atoms with E-state index in [1.54, 1.807) is 0 Å². The van der Waals surface area contributed by atoms with Gasteiger partial charge in [0.2, 0.25) is 0 Å². The minimum atomic E-state index is -0.791. The van der Waals surface area contributed by atoms with E-state index in [4.69, 9.17) is 46.2 Å². The Morgan fingerprint density at radius 1 is 0.329 bits per heavy atom. The molecule has 7 nitrogen and oxygen atoms in total. The summed E-state index contributed by atoms with van der Waals surface area (Å²) in [5, 5.41) is 6.64. The van der Waals surface area contributed by atoms with Gasteiger partial charge in [0, 0.05) is 49.5 Å². The number of rotatable bonds is 8.